The molecule has 1 aromatic heterocycles. The van der Waals surface area contributed by atoms with Gasteiger partial charge in [-0.2, -0.15) is 5.10 Å². The molecule has 1 aromatic carbocycles. The van der Waals surface area contributed by atoms with Crippen LogP contribution < -0.4 is 9.62 Å². The Hall–Kier alpha value is -2.35. The molecule has 3 rings (SSSR count). The third-order valence-corrected chi connectivity index (χ3v) is 7.32. The average Bonchev–Trinajstić information content (AvgIpc) is 3.04. The minimum Gasteiger partial charge on any atom is -0.349 e. The Morgan fingerprint density at radius 2 is 1.86 bits per heavy atom. The van der Waals surface area contributed by atoms with Crippen LogP contribution in [0, 0.1) is 12.8 Å². The topological polar surface area (TPSA) is 84.3 Å². The van der Waals surface area contributed by atoms with Gasteiger partial charge in [0.25, 0.3) is 15.9 Å². The molecular formula is C20H28N4O3S. The lowest BCUT2D eigenvalue weighted by Gasteiger charge is -2.29. The van der Waals surface area contributed by atoms with E-state index < -0.39 is 10.0 Å². The predicted octanol–water partition coefficient (Wildman–Crippen LogP) is 2.86. The van der Waals surface area contributed by atoms with Crippen LogP contribution in [-0.4, -0.2) is 37.2 Å². The molecule has 1 fully saturated rings. The largest absolute Gasteiger partial charge is 0.349 e. The van der Waals surface area contributed by atoms with E-state index in [0.29, 0.717) is 5.92 Å². The molecule has 0 bridgehead atoms. The van der Waals surface area contributed by atoms with Crippen LogP contribution in [0.15, 0.2) is 35.4 Å². The van der Waals surface area contributed by atoms with Crippen LogP contribution in [0.25, 0.3) is 0 Å². The maximum Gasteiger partial charge on any atom is 0.265 e. The maximum absolute atomic E-state index is 13.1. The van der Waals surface area contributed by atoms with Crippen LogP contribution in [0.1, 0.15) is 48.5 Å². The molecule has 152 valence electrons. The Balaban J connectivity index is 1.89. The second-order valence-electron chi connectivity index (χ2n) is 7.63. The fourth-order valence-corrected chi connectivity index (χ4v) is 4.96. The molecule has 1 amide bonds. The maximum atomic E-state index is 13.1. The van der Waals surface area contributed by atoms with Gasteiger partial charge in [0.05, 0.1) is 11.1 Å². The number of aromatic nitrogens is 2. The van der Waals surface area contributed by atoms with Crippen LogP contribution in [0.3, 0.4) is 0 Å². The minimum absolute atomic E-state index is 0.105. The minimum atomic E-state index is -3.81. The summed E-state index contributed by atoms with van der Waals surface area (Å²) in [5, 5.41) is 7.22. The van der Waals surface area contributed by atoms with Crippen molar-refractivity contribution in [2.45, 2.75) is 50.5 Å². The van der Waals surface area contributed by atoms with Gasteiger partial charge in [-0.25, -0.2) is 8.42 Å². The highest BCUT2D eigenvalue weighted by Crippen LogP contribution is 2.27. The molecule has 28 heavy (non-hydrogen) atoms. The predicted molar refractivity (Wildman–Crippen MR) is 109 cm³/mol. The highest BCUT2D eigenvalue weighted by atomic mass is 32.2. The average molecular weight is 405 g/mol. The molecule has 2 unspecified atom stereocenters. The van der Waals surface area contributed by atoms with Crippen molar-refractivity contribution in [3.05, 3.63) is 41.6 Å². The summed E-state index contributed by atoms with van der Waals surface area (Å²) in [6.45, 7) is 4.04. The van der Waals surface area contributed by atoms with E-state index in [-0.39, 0.29) is 28.2 Å². The van der Waals surface area contributed by atoms with Crippen molar-refractivity contribution in [2.75, 3.05) is 11.4 Å². The van der Waals surface area contributed by atoms with Crippen molar-refractivity contribution >= 4 is 21.7 Å². The number of hydrogen-bond acceptors (Lipinski definition) is 4. The quantitative estimate of drug-likeness (QED) is 0.830. The second-order valence-corrected chi connectivity index (χ2v) is 9.60. The Kier molecular flexibility index (Phi) is 5.79. The van der Waals surface area contributed by atoms with E-state index in [0.717, 1.165) is 29.1 Å². The van der Waals surface area contributed by atoms with Crippen LogP contribution >= 0.6 is 0 Å². The van der Waals surface area contributed by atoms with Crippen LogP contribution in [0.2, 0.25) is 0 Å². The van der Waals surface area contributed by atoms with E-state index in [1.165, 1.54) is 24.3 Å². The molecule has 0 spiro atoms. The van der Waals surface area contributed by atoms with Gasteiger partial charge in [-0.1, -0.05) is 37.5 Å². The van der Waals surface area contributed by atoms with Crippen molar-refractivity contribution in [1.82, 2.24) is 15.1 Å². The smallest absolute Gasteiger partial charge is 0.265 e. The molecule has 0 saturated heterocycles. The Labute approximate surface area is 166 Å². The molecule has 8 heteroatoms. The first-order chi connectivity index (χ1) is 13.2. The normalized spacial score (nSPS) is 20.0. The van der Waals surface area contributed by atoms with Gasteiger partial charge >= 0.3 is 0 Å². The first-order valence-corrected chi connectivity index (χ1v) is 11.0. The standard InChI is InChI=1S/C20H28N4O3S/c1-14-9-11-16(12-10-14)28(26,27)24(4)20-17(13-21-23(20)3)19(25)22-18-8-6-5-7-15(18)2/h9-13,15,18H,5-8H2,1-4H3,(H,22,25). The third kappa shape index (κ3) is 3.92. The number of rotatable bonds is 5. The number of benzene rings is 1. The molecule has 1 saturated carbocycles. The Morgan fingerprint density at radius 1 is 1.21 bits per heavy atom. The summed E-state index contributed by atoms with van der Waals surface area (Å²) in [6.07, 6.45) is 5.74. The van der Waals surface area contributed by atoms with Crippen molar-refractivity contribution in [3.63, 3.8) is 0 Å². The zero-order chi connectivity index (χ0) is 20.5. The van der Waals surface area contributed by atoms with Crippen molar-refractivity contribution in [2.24, 2.45) is 13.0 Å². The summed E-state index contributed by atoms with van der Waals surface area (Å²) in [7, 11) is -0.723. The van der Waals surface area contributed by atoms with E-state index in [1.54, 1.807) is 31.3 Å². The first kappa shape index (κ1) is 20.4. The number of hydrogen-bond donors (Lipinski definition) is 1. The summed E-state index contributed by atoms with van der Waals surface area (Å²) >= 11 is 0. The van der Waals surface area contributed by atoms with Gasteiger partial charge < -0.3 is 5.32 Å². The summed E-state index contributed by atoms with van der Waals surface area (Å²) in [5.41, 5.74) is 1.24. The number of sulfonamides is 1. The molecular weight excluding hydrogens is 376 g/mol. The van der Waals surface area contributed by atoms with E-state index in [1.807, 2.05) is 6.92 Å². The Morgan fingerprint density at radius 3 is 2.50 bits per heavy atom. The zero-order valence-corrected chi connectivity index (χ0v) is 17.7. The SMILES string of the molecule is Cc1ccc(S(=O)(=O)N(C)c2c(C(=O)NC3CCCCC3C)cnn2C)cc1. The van der Waals surface area contributed by atoms with Gasteiger partial charge in [0.1, 0.15) is 5.56 Å². The van der Waals surface area contributed by atoms with E-state index in [4.69, 9.17) is 0 Å². The number of nitrogens with one attached hydrogen (secondary N) is 1. The summed E-state index contributed by atoms with van der Waals surface area (Å²) in [5.74, 6) is 0.376. The highest BCUT2D eigenvalue weighted by molar-refractivity contribution is 7.92. The number of anilines is 1. The van der Waals surface area contributed by atoms with Crippen LogP contribution in [0.5, 0.6) is 0 Å². The summed E-state index contributed by atoms with van der Waals surface area (Å²) in [4.78, 5) is 13.1. The van der Waals surface area contributed by atoms with Crippen molar-refractivity contribution < 1.29 is 13.2 Å². The molecule has 1 heterocycles. The summed E-state index contributed by atoms with van der Waals surface area (Å²) in [6, 6.07) is 6.75. The van der Waals surface area contributed by atoms with Gasteiger partial charge in [0.2, 0.25) is 0 Å². The molecule has 1 aliphatic rings. The third-order valence-electron chi connectivity index (χ3n) is 5.56. The first-order valence-electron chi connectivity index (χ1n) is 9.60. The number of nitrogens with zero attached hydrogens (tertiary/aromatic N) is 3. The molecule has 7 nitrogen and oxygen atoms in total. The molecule has 2 aromatic rings. The van der Waals surface area contributed by atoms with Gasteiger partial charge in [-0.3, -0.25) is 13.8 Å². The van der Waals surface area contributed by atoms with Gasteiger partial charge in [0, 0.05) is 20.1 Å². The Bertz CT molecular complexity index is 950. The molecule has 2 atom stereocenters. The van der Waals surface area contributed by atoms with E-state index >= 15 is 0 Å². The monoisotopic (exact) mass is 404 g/mol. The van der Waals surface area contributed by atoms with Gasteiger partial charge in [0.15, 0.2) is 5.82 Å². The fourth-order valence-electron chi connectivity index (χ4n) is 3.72. The van der Waals surface area contributed by atoms with Crippen LogP contribution in [-0.2, 0) is 17.1 Å². The number of aryl methyl sites for hydroxylation is 2. The lowest BCUT2D eigenvalue weighted by atomic mass is 9.86. The van der Waals surface area contributed by atoms with Crippen molar-refractivity contribution in [3.8, 4) is 0 Å². The lowest BCUT2D eigenvalue weighted by molar-refractivity contribution is 0.0911. The number of amides is 1. The molecule has 0 radical (unpaired) electrons. The van der Waals surface area contributed by atoms with E-state index in [9.17, 15) is 13.2 Å². The van der Waals surface area contributed by atoms with E-state index in [2.05, 4.69) is 17.3 Å². The van der Waals surface area contributed by atoms with Gasteiger partial charge in [-0.05, 0) is 37.8 Å². The summed E-state index contributed by atoms with van der Waals surface area (Å²) < 4.78 is 28.7. The zero-order valence-electron chi connectivity index (χ0n) is 16.8. The lowest BCUT2D eigenvalue weighted by Crippen LogP contribution is -2.41. The second kappa shape index (κ2) is 7.95. The molecule has 1 aliphatic carbocycles. The highest BCUT2D eigenvalue weighted by Gasteiger charge is 2.30. The number of carbonyl (C=O) groups is 1. The molecule has 1 N–H and O–H groups in total. The fraction of sp³-hybridized carbons (Fsp3) is 0.500. The van der Waals surface area contributed by atoms with Crippen molar-refractivity contribution in [1.29, 1.82) is 0 Å². The van der Waals surface area contributed by atoms with Crippen LogP contribution in [0.4, 0.5) is 5.82 Å². The number of carbonyl (C=O) groups excluding carboxylic acids is 1. The molecule has 0 aliphatic heterocycles. The van der Waals surface area contributed by atoms with Gasteiger partial charge in [-0.15, -0.1) is 0 Å².